The number of likely N-dealkylation sites (tertiary alicyclic amines) is 1. The van der Waals surface area contributed by atoms with E-state index in [0.29, 0.717) is 30.2 Å². The molecular weight excluding hydrogens is 330 g/mol. The fourth-order valence-corrected chi connectivity index (χ4v) is 3.49. The van der Waals surface area contributed by atoms with E-state index in [0.717, 1.165) is 19.4 Å². The number of hydrogen-bond donors (Lipinski definition) is 0. The molecule has 2 heterocycles. The quantitative estimate of drug-likeness (QED) is 0.843. The van der Waals surface area contributed by atoms with Gasteiger partial charge in [0.1, 0.15) is 0 Å². The number of rotatable bonds is 4. The fraction of sp³-hybridized carbons (Fsp3) is 0.381. The average molecular weight is 353 g/mol. The maximum absolute atomic E-state index is 12.8. The Hall–Kier alpha value is -2.53. The zero-order valence-corrected chi connectivity index (χ0v) is 14.9. The molecule has 5 heteroatoms. The number of aryl methyl sites for hydroxylation is 1. The second-order valence-corrected chi connectivity index (χ2v) is 6.88. The Labute approximate surface area is 153 Å². The van der Waals surface area contributed by atoms with Gasteiger partial charge in [-0.3, -0.25) is 4.79 Å². The lowest BCUT2D eigenvalue weighted by molar-refractivity contribution is -0.00674. The number of nitrogens with zero attached hydrogens (tertiary/aromatic N) is 1. The minimum atomic E-state index is 0.0205. The van der Waals surface area contributed by atoms with Crippen molar-refractivity contribution in [2.24, 2.45) is 0 Å². The number of carbonyl (C=O) groups excluding carboxylic acids is 1. The van der Waals surface area contributed by atoms with E-state index >= 15 is 0 Å². The molecule has 1 amide bonds. The smallest absolute Gasteiger partial charge is 0.254 e. The maximum atomic E-state index is 12.8. The number of amides is 1. The van der Waals surface area contributed by atoms with Crippen LogP contribution in [0.1, 0.15) is 34.3 Å². The molecule has 0 N–H and O–H groups in total. The van der Waals surface area contributed by atoms with Crippen molar-refractivity contribution in [2.45, 2.75) is 32.5 Å². The molecule has 136 valence electrons. The largest absolute Gasteiger partial charge is 0.454 e. The van der Waals surface area contributed by atoms with E-state index in [1.54, 1.807) is 18.2 Å². The number of hydrogen-bond acceptors (Lipinski definition) is 4. The fourth-order valence-electron chi connectivity index (χ4n) is 3.49. The molecule has 0 saturated carbocycles. The van der Waals surface area contributed by atoms with Gasteiger partial charge in [-0.25, -0.2) is 0 Å². The summed E-state index contributed by atoms with van der Waals surface area (Å²) in [6.07, 6.45) is 2.01. The predicted molar refractivity (Wildman–Crippen MR) is 97.5 cm³/mol. The van der Waals surface area contributed by atoms with Crippen LogP contribution in [0.3, 0.4) is 0 Å². The van der Waals surface area contributed by atoms with Crippen LogP contribution < -0.4 is 9.47 Å². The summed E-state index contributed by atoms with van der Waals surface area (Å²) < 4.78 is 16.8. The van der Waals surface area contributed by atoms with Gasteiger partial charge in [0.05, 0.1) is 12.7 Å². The Morgan fingerprint density at radius 3 is 2.96 bits per heavy atom. The van der Waals surface area contributed by atoms with Crippen LogP contribution in [0, 0.1) is 6.92 Å². The number of carbonyl (C=O) groups is 1. The van der Waals surface area contributed by atoms with E-state index in [1.165, 1.54) is 11.1 Å². The van der Waals surface area contributed by atoms with Crippen LogP contribution in [0.2, 0.25) is 0 Å². The van der Waals surface area contributed by atoms with Gasteiger partial charge in [-0.05, 0) is 43.5 Å². The molecule has 0 spiro atoms. The van der Waals surface area contributed by atoms with Gasteiger partial charge in [-0.2, -0.15) is 0 Å². The van der Waals surface area contributed by atoms with Gasteiger partial charge in [0.25, 0.3) is 5.91 Å². The molecule has 1 saturated heterocycles. The maximum Gasteiger partial charge on any atom is 0.254 e. The zero-order chi connectivity index (χ0) is 17.9. The van der Waals surface area contributed by atoms with Crippen LogP contribution >= 0.6 is 0 Å². The topological polar surface area (TPSA) is 48.0 Å². The van der Waals surface area contributed by atoms with Crippen molar-refractivity contribution in [1.29, 1.82) is 0 Å². The second kappa shape index (κ2) is 7.38. The van der Waals surface area contributed by atoms with Gasteiger partial charge >= 0.3 is 0 Å². The van der Waals surface area contributed by atoms with Crippen molar-refractivity contribution in [3.8, 4) is 11.5 Å². The molecule has 2 aliphatic heterocycles. The summed E-state index contributed by atoms with van der Waals surface area (Å²) in [5.41, 5.74) is 3.03. The highest BCUT2D eigenvalue weighted by Gasteiger charge is 2.26. The van der Waals surface area contributed by atoms with Crippen LogP contribution in [-0.4, -0.2) is 36.8 Å². The molecule has 0 radical (unpaired) electrons. The first-order chi connectivity index (χ1) is 12.7. The number of benzene rings is 2. The molecule has 26 heavy (non-hydrogen) atoms. The minimum absolute atomic E-state index is 0.0205. The molecule has 2 aliphatic rings. The molecule has 1 atom stereocenters. The first-order valence-corrected chi connectivity index (χ1v) is 9.05. The third-order valence-corrected chi connectivity index (χ3v) is 4.85. The highest BCUT2D eigenvalue weighted by atomic mass is 16.7. The third kappa shape index (κ3) is 3.68. The SMILES string of the molecule is Cc1cccc(CO[C@@H]2CCCN(C(=O)c3ccc4c(c3)OCO4)C2)c1. The van der Waals surface area contributed by atoms with Gasteiger partial charge in [-0.1, -0.05) is 29.8 Å². The average Bonchev–Trinajstić information content (AvgIpc) is 3.14. The lowest BCUT2D eigenvalue weighted by atomic mass is 10.1. The normalized spacial score (nSPS) is 18.8. The van der Waals surface area contributed by atoms with Gasteiger partial charge in [0.15, 0.2) is 11.5 Å². The van der Waals surface area contributed by atoms with E-state index in [1.807, 2.05) is 11.0 Å². The summed E-state index contributed by atoms with van der Waals surface area (Å²) in [6.45, 7) is 4.26. The van der Waals surface area contributed by atoms with Gasteiger partial charge in [0.2, 0.25) is 6.79 Å². The molecule has 1 fully saturated rings. The molecular formula is C21H23NO4. The standard InChI is InChI=1S/C21H23NO4/c1-15-4-2-5-16(10-15)13-24-18-6-3-9-22(12-18)21(23)17-7-8-19-20(11-17)26-14-25-19/h2,4-5,7-8,10-11,18H,3,6,9,12-14H2,1H3/t18-/m1/s1. The Morgan fingerprint density at radius 1 is 1.19 bits per heavy atom. The summed E-state index contributed by atoms with van der Waals surface area (Å²) in [5.74, 6) is 1.35. The lowest BCUT2D eigenvalue weighted by Crippen LogP contribution is -2.43. The van der Waals surface area contributed by atoms with E-state index in [-0.39, 0.29) is 18.8 Å². The number of fused-ring (bicyclic) bond motifs is 1. The number of ether oxygens (including phenoxy) is 3. The molecule has 4 rings (SSSR count). The van der Waals surface area contributed by atoms with Crippen LogP contribution in [0.15, 0.2) is 42.5 Å². The van der Waals surface area contributed by atoms with Crippen molar-refractivity contribution in [3.63, 3.8) is 0 Å². The van der Waals surface area contributed by atoms with Crippen LogP contribution in [-0.2, 0) is 11.3 Å². The molecule has 2 aromatic rings. The molecule has 5 nitrogen and oxygen atoms in total. The molecule has 0 aromatic heterocycles. The Bertz CT molecular complexity index is 804. The van der Waals surface area contributed by atoms with Crippen molar-refractivity contribution >= 4 is 5.91 Å². The first kappa shape index (κ1) is 16.9. The molecule has 0 aliphatic carbocycles. The predicted octanol–water partition coefficient (Wildman–Crippen LogP) is 3.55. The highest BCUT2D eigenvalue weighted by Crippen LogP contribution is 2.33. The summed E-state index contributed by atoms with van der Waals surface area (Å²) in [4.78, 5) is 14.7. The molecule has 0 bridgehead atoms. The van der Waals surface area contributed by atoms with Gasteiger partial charge in [0, 0.05) is 18.7 Å². The zero-order valence-electron chi connectivity index (χ0n) is 14.9. The van der Waals surface area contributed by atoms with Crippen LogP contribution in [0.5, 0.6) is 11.5 Å². The monoisotopic (exact) mass is 353 g/mol. The van der Waals surface area contributed by atoms with E-state index in [4.69, 9.17) is 14.2 Å². The Kier molecular flexibility index (Phi) is 4.80. The van der Waals surface area contributed by atoms with Crippen LogP contribution in [0.4, 0.5) is 0 Å². The Morgan fingerprint density at radius 2 is 2.08 bits per heavy atom. The van der Waals surface area contributed by atoms with Crippen LogP contribution in [0.25, 0.3) is 0 Å². The van der Waals surface area contributed by atoms with E-state index in [2.05, 4.69) is 25.1 Å². The summed E-state index contributed by atoms with van der Waals surface area (Å²) in [6, 6.07) is 13.7. The van der Waals surface area contributed by atoms with E-state index < -0.39 is 0 Å². The Balaban J connectivity index is 1.37. The summed E-state index contributed by atoms with van der Waals surface area (Å²) >= 11 is 0. The number of piperidine rings is 1. The van der Waals surface area contributed by atoms with Crippen molar-refractivity contribution in [1.82, 2.24) is 4.90 Å². The summed E-state index contributed by atoms with van der Waals surface area (Å²) in [5, 5.41) is 0. The van der Waals surface area contributed by atoms with Gasteiger partial charge < -0.3 is 19.1 Å². The van der Waals surface area contributed by atoms with E-state index in [9.17, 15) is 4.79 Å². The highest BCUT2D eigenvalue weighted by molar-refractivity contribution is 5.95. The van der Waals surface area contributed by atoms with Crippen molar-refractivity contribution in [3.05, 3.63) is 59.2 Å². The molecule has 2 aromatic carbocycles. The minimum Gasteiger partial charge on any atom is -0.454 e. The third-order valence-electron chi connectivity index (χ3n) is 4.85. The van der Waals surface area contributed by atoms with Crippen molar-refractivity contribution < 1.29 is 19.0 Å². The first-order valence-electron chi connectivity index (χ1n) is 9.05. The van der Waals surface area contributed by atoms with Gasteiger partial charge in [-0.15, -0.1) is 0 Å². The molecule has 0 unspecified atom stereocenters. The second-order valence-electron chi connectivity index (χ2n) is 6.88. The lowest BCUT2D eigenvalue weighted by Gasteiger charge is -2.32. The van der Waals surface area contributed by atoms with Crippen molar-refractivity contribution in [2.75, 3.05) is 19.9 Å². The summed E-state index contributed by atoms with van der Waals surface area (Å²) in [7, 11) is 0.